The number of thiophene rings is 2. The van der Waals surface area contributed by atoms with Crippen LogP contribution in [-0.4, -0.2) is 69.7 Å². The van der Waals surface area contributed by atoms with Gasteiger partial charge in [0.05, 0.1) is 22.0 Å². The van der Waals surface area contributed by atoms with Gasteiger partial charge in [0.25, 0.3) is 0 Å². The smallest absolute Gasteiger partial charge is 0.407 e. The largest absolute Gasteiger partial charge is 0.465 e. The van der Waals surface area contributed by atoms with E-state index in [2.05, 4.69) is 21.2 Å². The van der Waals surface area contributed by atoms with Gasteiger partial charge in [-0.2, -0.15) is 0 Å². The second kappa shape index (κ2) is 16.9. The number of carbonyl (C=O) groups is 3. The van der Waals surface area contributed by atoms with Crippen LogP contribution >= 0.6 is 38.6 Å². The second-order valence-electron chi connectivity index (χ2n) is 13.1. The van der Waals surface area contributed by atoms with Crippen LogP contribution in [-0.2, 0) is 37.4 Å². The van der Waals surface area contributed by atoms with Crippen LogP contribution < -0.4 is 10.2 Å². The molecule has 2 aromatic heterocycles. The zero-order valence-electron chi connectivity index (χ0n) is 28.9. The lowest BCUT2D eigenvalue weighted by atomic mass is 9.84. The molecule has 3 amide bonds. The number of nitrogens with one attached hydrogen (secondary N) is 1. The topological polar surface area (TPSA) is 178 Å². The van der Waals surface area contributed by atoms with Crippen molar-refractivity contribution in [3.05, 3.63) is 87.0 Å². The average molecular weight is 855 g/mol. The van der Waals surface area contributed by atoms with E-state index in [0.29, 0.717) is 34.4 Å². The Kier molecular flexibility index (Phi) is 13.3. The molecule has 0 aliphatic carbocycles. The maximum absolute atomic E-state index is 13.2. The summed E-state index contributed by atoms with van der Waals surface area (Å²) in [4.78, 5) is 38.9. The molecule has 1 atom stereocenters. The van der Waals surface area contributed by atoms with Gasteiger partial charge in [-0.1, -0.05) is 57.2 Å². The molecular weight excluding hydrogens is 815 g/mol. The first kappa shape index (κ1) is 41.0. The predicted octanol–water partition coefficient (Wildman–Crippen LogP) is 7.78. The van der Waals surface area contributed by atoms with Gasteiger partial charge < -0.3 is 25.3 Å². The van der Waals surface area contributed by atoms with Crippen LogP contribution in [0.1, 0.15) is 49.8 Å². The van der Waals surface area contributed by atoms with Crippen LogP contribution in [0.5, 0.6) is 0 Å². The fourth-order valence-electron chi connectivity index (χ4n) is 5.25. The van der Waals surface area contributed by atoms with E-state index in [9.17, 15) is 31.2 Å². The van der Waals surface area contributed by atoms with Gasteiger partial charge in [-0.25, -0.2) is 26.4 Å². The van der Waals surface area contributed by atoms with Gasteiger partial charge in [0.15, 0.2) is 0 Å². The molecule has 3 heterocycles. The van der Waals surface area contributed by atoms with Gasteiger partial charge in [0, 0.05) is 46.7 Å². The zero-order valence-corrected chi connectivity index (χ0v) is 33.8. The van der Waals surface area contributed by atoms with Crippen LogP contribution in [0.25, 0.3) is 0 Å². The number of hydrogen-bond donors (Lipinski definition) is 3. The molecule has 4 aromatic rings. The molecule has 1 saturated heterocycles. The highest BCUT2D eigenvalue weighted by Gasteiger charge is 2.32. The van der Waals surface area contributed by atoms with Gasteiger partial charge in [-0.3, -0.25) is 4.79 Å². The minimum absolute atomic E-state index is 0.0549. The SMILES string of the molecule is CC(C)(C)C(Cc1cc(Br)c(S(=O)(=O)c2ccccc2)s1)NC(=O)O.CN(Cc1cc(N2CCCCC2=O)c(S(=O)(=O)c2ccccc2)s1)C(=O)O. The highest BCUT2D eigenvalue weighted by molar-refractivity contribution is 9.10. The summed E-state index contributed by atoms with van der Waals surface area (Å²) in [6.07, 6.45) is 0.194. The quantitative estimate of drug-likeness (QED) is 0.144. The summed E-state index contributed by atoms with van der Waals surface area (Å²) in [5, 5.41) is 20.7. The molecule has 0 bridgehead atoms. The lowest BCUT2D eigenvalue weighted by molar-refractivity contribution is -0.119. The molecule has 3 N–H and O–H groups in total. The van der Waals surface area contributed by atoms with E-state index < -0.39 is 31.9 Å². The van der Waals surface area contributed by atoms with Gasteiger partial charge in [0.1, 0.15) is 8.42 Å². The van der Waals surface area contributed by atoms with Crippen molar-refractivity contribution in [3.8, 4) is 0 Å². The molecule has 0 saturated carbocycles. The van der Waals surface area contributed by atoms with Gasteiger partial charge in [0.2, 0.25) is 25.6 Å². The van der Waals surface area contributed by atoms with E-state index in [1.54, 1.807) is 60.7 Å². The molecule has 0 radical (unpaired) electrons. The lowest BCUT2D eigenvalue weighted by Gasteiger charge is -2.30. The summed E-state index contributed by atoms with van der Waals surface area (Å²) in [5.41, 5.74) is 0.0511. The molecule has 2 aromatic carbocycles. The average Bonchev–Trinajstić information content (AvgIpc) is 3.69. The molecule has 52 heavy (non-hydrogen) atoms. The van der Waals surface area contributed by atoms with E-state index in [1.807, 2.05) is 20.8 Å². The van der Waals surface area contributed by atoms with Crippen molar-refractivity contribution in [2.75, 3.05) is 18.5 Å². The van der Waals surface area contributed by atoms with Crippen molar-refractivity contribution in [2.45, 2.75) is 77.3 Å². The zero-order chi connectivity index (χ0) is 38.4. The van der Waals surface area contributed by atoms with Gasteiger partial charge in [-0.05, 0) is 70.6 Å². The fraction of sp³-hybridized carbons (Fsp3) is 0.343. The van der Waals surface area contributed by atoms with E-state index in [0.717, 1.165) is 34.0 Å². The normalized spacial score (nSPS) is 14.2. The van der Waals surface area contributed by atoms with Crippen LogP contribution in [0, 0.1) is 5.41 Å². The first-order valence-electron chi connectivity index (χ1n) is 16.1. The summed E-state index contributed by atoms with van der Waals surface area (Å²) < 4.78 is 52.8. The third-order valence-electron chi connectivity index (χ3n) is 8.11. The molecule has 1 aliphatic heterocycles. The molecule has 12 nitrogen and oxygen atoms in total. The summed E-state index contributed by atoms with van der Waals surface area (Å²) in [5.74, 6) is -0.110. The first-order chi connectivity index (χ1) is 24.3. The van der Waals surface area contributed by atoms with Crippen molar-refractivity contribution in [1.82, 2.24) is 10.2 Å². The van der Waals surface area contributed by atoms with Crippen LogP contribution in [0.4, 0.5) is 15.3 Å². The summed E-state index contributed by atoms with van der Waals surface area (Å²) in [6.45, 7) is 6.34. The molecular formula is C35H40BrN3O9S4. The molecule has 1 aliphatic rings. The molecule has 0 spiro atoms. The van der Waals surface area contributed by atoms with Crippen LogP contribution in [0.3, 0.4) is 0 Å². The third kappa shape index (κ3) is 10.0. The maximum Gasteiger partial charge on any atom is 0.407 e. The monoisotopic (exact) mass is 853 g/mol. The summed E-state index contributed by atoms with van der Waals surface area (Å²) in [7, 11) is -6.01. The van der Waals surface area contributed by atoms with Crippen molar-refractivity contribution in [3.63, 3.8) is 0 Å². The first-order valence-corrected chi connectivity index (χ1v) is 21.5. The number of sulfone groups is 2. The van der Waals surface area contributed by atoms with E-state index >= 15 is 0 Å². The number of carboxylic acid groups (broad SMARTS) is 2. The number of carbonyl (C=O) groups excluding carboxylic acids is 1. The van der Waals surface area contributed by atoms with E-state index in [1.165, 1.54) is 35.4 Å². The second-order valence-corrected chi connectivity index (χ2v) is 20.5. The van der Waals surface area contributed by atoms with E-state index in [-0.39, 0.29) is 42.1 Å². The number of rotatable bonds is 10. The molecule has 17 heteroatoms. The standard InChI is InChI=1S/C18H20N2O5S2.C17H20BrNO4S2/c1-19(18(22)23)12-13-11-15(20-10-6-5-9-16(20)21)17(26-13)27(24,25)14-7-3-2-4-8-14;1-17(2,3)14(19-16(20)21)10-11-9-13(18)15(24-11)25(22,23)12-7-5-4-6-8-12/h2-4,7-8,11H,5-6,9-10,12H2,1H3,(H,22,23);4-9,14,19H,10H2,1-3H3,(H,20,21). The van der Waals surface area contributed by atoms with E-state index in [4.69, 9.17) is 10.2 Å². The molecule has 280 valence electrons. The summed E-state index contributed by atoms with van der Waals surface area (Å²) >= 11 is 5.52. The molecule has 1 unspecified atom stereocenters. The number of hydrogen-bond acceptors (Lipinski definition) is 9. The minimum atomic E-state index is -3.82. The van der Waals surface area contributed by atoms with Gasteiger partial charge >= 0.3 is 12.2 Å². The highest BCUT2D eigenvalue weighted by atomic mass is 79.9. The van der Waals surface area contributed by atoms with Crippen molar-refractivity contribution in [2.24, 2.45) is 5.41 Å². The van der Waals surface area contributed by atoms with Gasteiger partial charge in [-0.15, -0.1) is 22.7 Å². The fourth-order valence-corrected chi connectivity index (χ4v) is 12.6. The predicted molar refractivity (Wildman–Crippen MR) is 204 cm³/mol. The molecule has 1 fully saturated rings. The van der Waals surface area contributed by atoms with Crippen molar-refractivity contribution < 1.29 is 41.4 Å². The minimum Gasteiger partial charge on any atom is -0.465 e. The number of piperidine rings is 1. The number of amides is 3. The Balaban J connectivity index is 0.000000234. The number of benzene rings is 2. The van der Waals surface area contributed by atoms with Crippen LogP contribution in [0.15, 0.2) is 95.5 Å². The Morgan fingerprint density at radius 1 is 0.885 bits per heavy atom. The van der Waals surface area contributed by atoms with Crippen molar-refractivity contribution >= 4 is 82.1 Å². The highest BCUT2D eigenvalue weighted by Crippen LogP contribution is 2.40. The molecule has 5 rings (SSSR count). The lowest BCUT2D eigenvalue weighted by Crippen LogP contribution is -2.44. The third-order valence-corrected chi connectivity index (χ3v) is 16.1. The Bertz CT molecular complexity index is 2110. The number of nitrogens with zero attached hydrogens (tertiary/aromatic N) is 2. The number of halogens is 1. The Labute approximate surface area is 320 Å². The number of anilines is 1. The van der Waals surface area contributed by atoms with Crippen LogP contribution in [0.2, 0.25) is 0 Å². The Hall–Kier alpha value is -3.77. The Morgan fingerprint density at radius 3 is 1.92 bits per heavy atom. The maximum atomic E-state index is 13.2. The van der Waals surface area contributed by atoms with Crippen molar-refractivity contribution in [1.29, 1.82) is 0 Å². The summed E-state index contributed by atoms with van der Waals surface area (Å²) in [6, 6.07) is 19.3. The Morgan fingerprint density at radius 2 is 1.42 bits per heavy atom.